The number of nitrogens with one attached hydrogen (secondary N) is 2. The van der Waals surface area contributed by atoms with Gasteiger partial charge in [0.1, 0.15) is 5.69 Å². The molecule has 0 aliphatic carbocycles. The van der Waals surface area contributed by atoms with E-state index in [0.717, 1.165) is 0 Å². The summed E-state index contributed by atoms with van der Waals surface area (Å²) in [6.07, 6.45) is 1.35. The van der Waals surface area contributed by atoms with Gasteiger partial charge in [-0.25, -0.2) is 4.98 Å². The Hall–Kier alpha value is -3.26. The molecule has 150 valence electrons. The lowest BCUT2D eigenvalue weighted by Gasteiger charge is -2.14. The predicted molar refractivity (Wildman–Crippen MR) is 108 cm³/mol. The summed E-state index contributed by atoms with van der Waals surface area (Å²) in [5.74, 6) is -1.49. The Morgan fingerprint density at radius 2 is 1.97 bits per heavy atom. The van der Waals surface area contributed by atoms with Crippen LogP contribution in [0.2, 0.25) is 5.02 Å². The summed E-state index contributed by atoms with van der Waals surface area (Å²) in [4.78, 5) is 28.8. The number of amides is 2. The van der Waals surface area contributed by atoms with Crippen molar-refractivity contribution in [2.24, 2.45) is 0 Å². The molecule has 29 heavy (non-hydrogen) atoms. The Morgan fingerprint density at radius 3 is 2.66 bits per heavy atom. The minimum Gasteiger partial charge on any atom is -0.355 e. The lowest BCUT2D eigenvalue weighted by molar-refractivity contribution is 0.0964. The molecule has 0 spiro atoms. The highest BCUT2D eigenvalue weighted by atomic mass is 35.5. The summed E-state index contributed by atoms with van der Waals surface area (Å²) in [5.41, 5.74) is 2.34. The molecule has 0 fully saturated rings. The van der Waals surface area contributed by atoms with Crippen molar-refractivity contribution < 1.29 is 14.0 Å². The van der Waals surface area contributed by atoms with Crippen LogP contribution in [0.25, 0.3) is 0 Å². The molecule has 9 heteroatoms. The van der Waals surface area contributed by atoms with Crippen molar-refractivity contribution in [2.75, 3.05) is 12.4 Å². The van der Waals surface area contributed by atoms with Crippen LogP contribution >= 0.6 is 11.6 Å². The zero-order chi connectivity index (χ0) is 21.1. The highest BCUT2D eigenvalue weighted by molar-refractivity contribution is 6.31. The molecule has 0 unspecified atom stereocenters. The molecule has 0 radical (unpaired) electrons. The first kappa shape index (κ1) is 20.5. The van der Waals surface area contributed by atoms with E-state index in [2.05, 4.69) is 20.7 Å². The maximum Gasteiger partial charge on any atom is 0.273 e. The number of aromatic nitrogens is 3. The molecular formula is C20H19ClFN5O2. The molecule has 2 aromatic heterocycles. The van der Waals surface area contributed by atoms with Crippen molar-refractivity contribution in [1.82, 2.24) is 20.1 Å². The molecule has 2 amide bonds. The molecule has 0 bridgehead atoms. The number of pyridine rings is 1. The molecule has 3 rings (SSSR count). The van der Waals surface area contributed by atoms with Crippen molar-refractivity contribution in [3.63, 3.8) is 0 Å². The number of anilines is 1. The third kappa shape index (κ3) is 4.43. The molecule has 0 aliphatic rings. The number of carbonyl (C=O) groups is 2. The second kappa shape index (κ2) is 8.40. The fourth-order valence-corrected chi connectivity index (χ4v) is 3.22. The molecule has 3 aromatic rings. The minimum atomic E-state index is -0.623. The Morgan fingerprint density at radius 1 is 1.21 bits per heavy atom. The van der Waals surface area contributed by atoms with E-state index in [9.17, 15) is 14.0 Å². The van der Waals surface area contributed by atoms with Crippen LogP contribution in [0.4, 0.5) is 10.1 Å². The van der Waals surface area contributed by atoms with E-state index < -0.39 is 11.9 Å². The van der Waals surface area contributed by atoms with E-state index in [-0.39, 0.29) is 23.7 Å². The molecule has 1 aromatic carbocycles. The van der Waals surface area contributed by atoms with Crippen LogP contribution in [0, 0.1) is 19.8 Å². The normalized spacial score (nSPS) is 10.7. The highest BCUT2D eigenvalue weighted by Gasteiger charge is 2.20. The van der Waals surface area contributed by atoms with Crippen molar-refractivity contribution >= 4 is 29.1 Å². The van der Waals surface area contributed by atoms with Gasteiger partial charge in [-0.3, -0.25) is 14.3 Å². The Balaban J connectivity index is 1.95. The Labute approximate surface area is 171 Å². The van der Waals surface area contributed by atoms with Crippen LogP contribution < -0.4 is 10.6 Å². The molecule has 0 saturated carbocycles. The van der Waals surface area contributed by atoms with E-state index in [4.69, 9.17) is 11.6 Å². The van der Waals surface area contributed by atoms with E-state index in [1.165, 1.54) is 24.0 Å². The van der Waals surface area contributed by atoms with Crippen LogP contribution in [0.3, 0.4) is 0 Å². The number of aryl methyl sites for hydroxylation is 2. The summed E-state index contributed by atoms with van der Waals surface area (Å²) in [5, 5.41) is 9.95. The van der Waals surface area contributed by atoms with Crippen molar-refractivity contribution in [3.8, 4) is 0 Å². The summed E-state index contributed by atoms with van der Waals surface area (Å²) in [6.45, 7) is 3.51. The topological polar surface area (TPSA) is 88.9 Å². The fourth-order valence-electron chi connectivity index (χ4n) is 2.95. The number of hydrogen-bond acceptors (Lipinski definition) is 4. The molecule has 7 nitrogen and oxygen atoms in total. The summed E-state index contributed by atoms with van der Waals surface area (Å²) >= 11 is 6.06. The van der Waals surface area contributed by atoms with Gasteiger partial charge >= 0.3 is 0 Å². The van der Waals surface area contributed by atoms with Gasteiger partial charge in [-0.1, -0.05) is 17.7 Å². The van der Waals surface area contributed by atoms with E-state index in [1.807, 2.05) is 0 Å². The third-order valence-corrected chi connectivity index (χ3v) is 4.52. The molecule has 0 atom stereocenters. The average molecular weight is 416 g/mol. The first-order valence-corrected chi connectivity index (χ1v) is 9.15. The summed E-state index contributed by atoms with van der Waals surface area (Å²) in [7, 11) is 1.49. The monoisotopic (exact) mass is 415 g/mol. The third-order valence-electron chi connectivity index (χ3n) is 4.30. The summed E-state index contributed by atoms with van der Waals surface area (Å²) in [6, 6.07) is 7.91. The zero-order valence-corrected chi connectivity index (χ0v) is 16.8. The van der Waals surface area contributed by atoms with Gasteiger partial charge in [0.15, 0.2) is 0 Å². The average Bonchev–Trinajstić information content (AvgIpc) is 3.05. The van der Waals surface area contributed by atoms with Crippen molar-refractivity contribution in [1.29, 1.82) is 0 Å². The lowest BCUT2D eigenvalue weighted by Crippen LogP contribution is -2.24. The van der Waals surface area contributed by atoms with Crippen LogP contribution in [0.15, 0.2) is 36.5 Å². The van der Waals surface area contributed by atoms with Gasteiger partial charge in [0.25, 0.3) is 11.8 Å². The molecule has 2 N–H and O–H groups in total. The first-order valence-electron chi connectivity index (χ1n) is 8.77. The first-order chi connectivity index (χ1) is 13.8. The predicted octanol–water partition coefficient (Wildman–Crippen LogP) is 3.35. The van der Waals surface area contributed by atoms with Crippen LogP contribution in [0.5, 0.6) is 0 Å². The summed E-state index contributed by atoms with van der Waals surface area (Å²) < 4.78 is 15.3. The molecule has 2 heterocycles. The van der Waals surface area contributed by atoms with Gasteiger partial charge in [-0.05, 0) is 43.7 Å². The van der Waals surface area contributed by atoms with Crippen LogP contribution in [-0.2, 0) is 6.54 Å². The van der Waals surface area contributed by atoms with Crippen molar-refractivity contribution in [2.45, 2.75) is 20.4 Å². The largest absolute Gasteiger partial charge is 0.355 e. The number of rotatable bonds is 5. The number of halogens is 2. The fraction of sp³-hybridized carbons (Fsp3) is 0.200. The van der Waals surface area contributed by atoms with Gasteiger partial charge in [0.2, 0.25) is 5.95 Å². The van der Waals surface area contributed by atoms with Gasteiger partial charge in [0, 0.05) is 23.8 Å². The van der Waals surface area contributed by atoms with E-state index >= 15 is 0 Å². The maximum atomic E-state index is 13.9. The molecular weight excluding hydrogens is 397 g/mol. The van der Waals surface area contributed by atoms with E-state index in [0.29, 0.717) is 27.5 Å². The van der Waals surface area contributed by atoms with Crippen LogP contribution in [0.1, 0.15) is 37.7 Å². The van der Waals surface area contributed by atoms with Crippen LogP contribution in [-0.4, -0.2) is 33.6 Å². The van der Waals surface area contributed by atoms with E-state index in [1.54, 1.807) is 38.1 Å². The molecule has 0 saturated heterocycles. The van der Waals surface area contributed by atoms with Crippen molar-refractivity contribution in [3.05, 3.63) is 75.6 Å². The van der Waals surface area contributed by atoms with Gasteiger partial charge < -0.3 is 10.6 Å². The SMILES string of the molecule is CNC(=O)c1cc(Cl)cc(C)c1NC(=O)c1cc(C)nn1Cc1cccnc1F. The van der Waals surface area contributed by atoms with Gasteiger partial charge in [-0.2, -0.15) is 9.49 Å². The quantitative estimate of drug-likeness (QED) is 0.625. The molecule has 0 aliphatic heterocycles. The standard InChI is InChI=1S/C20H19ClFN5O2/c1-11-7-14(21)9-15(19(28)23-3)17(11)25-20(29)16-8-12(2)26-27(16)10-13-5-4-6-24-18(13)22/h4-9H,10H2,1-3H3,(H,23,28)(H,25,29). The van der Waals surface area contributed by atoms with Gasteiger partial charge in [0.05, 0.1) is 23.5 Å². The number of hydrogen-bond donors (Lipinski definition) is 2. The number of benzene rings is 1. The second-order valence-electron chi connectivity index (χ2n) is 6.46. The zero-order valence-electron chi connectivity index (χ0n) is 16.1. The second-order valence-corrected chi connectivity index (χ2v) is 6.90. The lowest BCUT2D eigenvalue weighted by atomic mass is 10.1. The Bertz CT molecular complexity index is 1100. The number of carbonyl (C=O) groups excluding carboxylic acids is 2. The number of nitrogens with zero attached hydrogens (tertiary/aromatic N) is 3. The Kier molecular flexibility index (Phi) is 5.93. The minimum absolute atomic E-state index is 0.0399. The van der Waals surface area contributed by atoms with Gasteiger partial charge in [-0.15, -0.1) is 0 Å². The maximum absolute atomic E-state index is 13.9. The highest BCUT2D eigenvalue weighted by Crippen LogP contribution is 2.26. The smallest absolute Gasteiger partial charge is 0.273 e.